The van der Waals surface area contributed by atoms with Crippen LogP contribution in [0.2, 0.25) is 0 Å². The van der Waals surface area contributed by atoms with E-state index in [-0.39, 0.29) is 31.7 Å². The van der Waals surface area contributed by atoms with Crippen LogP contribution >= 0.6 is 0 Å². The van der Waals surface area contributed by atoms with Gasteiger partial charge in [-0.15, -0.1) is 0 Å². The predicted molar refractivity (Wildman–Crippen MR) is 143 cm³/mol. The number of aliphatic hydroxyl groups excluding tert-OH is 4. The summed E-state index contributed by atoms with van der Waals surface area (Å²) in [5, 5.41) is 50.8. The maximum atomic E-state index is 10.2. The topological polar surface area (TPSA) is 318 Å². The fraction of sp³-hybridized carbons (Fsp3) is 0.818. The average Bonchev–Trinajstić information content (AvgIpc) is 2.75. The normalized spacial score (nSPS) is 11.5. The van der Waals surface area contributed by atoms with Gasteiger partial charge in [0.1, 0.15) is 18.7 Å². The number of likely N-dealkylation sites (N-methyl/N-ethyl adjacent to an activating group) is 1. The Morgan fingerprint density at radius 1 is 0.947 bits per heavy atom. The third kappa shape index (κ3) is 58.9. The van der Waals surface area contributed by atoms with E-state index in [0.29, 0.717) is 31.7 Å². The summed E-state index contributed by atoms with van der Waals surface area (Å²) in [6.45, 7) is 5.95. The van der Waals surface area contributed by atoms with E-state index >= 15 is 0 Å². The lowest BCUT2D eigenvalue weighted by molar-refractivity contribution is -0.870. The number of guanidine groups is 1. The fourth-order valence-electron chi connectivity index (χ4n) is 1.60. The number of quaternary nitrogens is 1. The van der Waals surface area contributed by atoms with Crippen molar-refractivity contribution in [3.63, 3.8) is 0 Å². The number of aliphatic hydroxyl groups is 4. The molecule has 16 nitrogen and oxygen atoms in total. The summed E-state index contributed by atoms with van der Waals surface area (Å²) in [4.78, 5) is 33.1. The fourth-order valence-corrected chi connectivity index (χ4v) is 1.60. The number of rotatable bonds is 12. The first-order chi connectivity index (χ1) is 17.2. The zero-order valence-corrected chi connectivity index (χ0v) is 23.6. The molecule has 230 valence electrons. The first-order valence-corrected chi connectivity index (χ1v) is 11.8. The summed E-state index contributed by atoms with van der Waals surface area (Å²) in [5.74, 6) is -2.17. The van der Waals surface area contributed by atoms with Gasteiger partial charge >= 0.3 is 5.97 Å². The van der Waals surface area contributed by atoms with E-state index < -0.39 is 30.1 Å². The third-order valence-corrected chi connectivity index (χ3v) is 3.51. The maximum Gasteiger partial charge on any atom is 0.320 e. The highest BCUT2D eigenvalue weighted by atomic mass is 16.4. The standard InChI is InChI=1S/C6H14N4O2.C6H13NO2.C5H14NO.C3H8O3.C2H5NO/c7-4(5(11)12)2-1-3-10-6(8)9;1-4(2)3-5(7)6(8)9;1-6(2,3)4-5-7;4-1-3(6)2-5;1-2(3)4/h4H,1-3,7H2,(H,11,12)(H4,8,9,10);4-5H,3,7H2,1-2H3,(H,8,9);7H,4-5H2,1-3H3;3-6H,1-2H2;1H3,(H2,3,4)/q;;+1;;/p-1/t4-;5-;;;/m00.../s1. The van der Waals surface area contributed by atoms with Crippen LogP contribution < -0.4 is 33.8 Å². The Bertz CT molecular complexity index is 604. The first kappa shape index (κ1) is 45.3. The van der Waals surface area contributed by atoms with Crippen molar-refractivity contribution in [3.05, 3.63) is 0 Å². The molecule has 16 heteroatoms. The molecule has 0 aromatic carbocycles. The Hall–Kier alpha value is -2.60. The van der Waals surface area contributed by atoms with Crippen molar-refractivity contribution < 1.29 is 49.5 Å². The molecule has 0 saturated carbocycles. The number of amides is 1. The number of carbonyl (C=O) groups is 3. The van der Waals surface area contributed by atoms with Gasteiger partial charge in [0.2, 0.25) is 5.91 Å². The molecular formula is C22H53N7O9. The molecule has 1 amide bonds. The van der Waals surface area contributed by atoms with Crippen LogP contribution in [0.1, 0.15) is 40.0 Å². The molecule has 0 spiro atoms. The second-order valence-corrected chi connectivity index (χ2v) is 9.32. The summed E-state index contributed by atoms with van der Waals surface area (Å²) in [5.41, 5.74) is 24.9. The Morgan fingerprint density at radius 3 is 1.53 bits per heavy atom. The van der Waals surface area contributed by atoms with Crippen LogP contribution in [-0.4, -0.2) is 126 Å². The number of carboxylic acid groups (broad SMARTS) is 2. The minimum Gasteiger partial charge on any atom is -0.548 e. The highest BCUT2D eigenvalue weighted by molar-refractivity contribution is 5.75. The van der Waals surface area contributed by atoms with Crippen molar-refractivity contribution in [3.8, 4) is 0 Å². The number of nitrogens with zero attached hydrogens (tertiary/aromatic N) is 2. The number of nitrogens with two attached hydrogens (primary N) is 5. The number of primary amides is 1. The van der Waals surface area contributed by atoms with Gasteiger partial charge in [-0.3, -0.25) is 14.6 Å². The van der Waals surface area contributed by atoms with Gasteiger partial charge < -0.3 is 68.6 Å². The number of carboxylic acids is 2. The minimum atomic E-state index is -1.16. The molecule has 0 aliphatic heterocycles. The molecule has 0 saturated heterocycles. The van der Waals surface area contributed by atoms with Crippen molar-refractivity contribution in [1.29, 1.82) is 0 Å². The van der Waals surface area contributed by atoms with Crippen LogP contribution in [0.3, 0.4) is 0 Å². The number of carbonyl (C=O) groups excluding carboxylic acids is 2. The summed E-state index contributed by atoms with van der Waals surface area (Å²) < 4.78 is 0.844. The van der Waals surface area contributed by atoms with E-state index in [1.807, 2.05) is 13.8 Å². The van der Waals surface area contributed by atoms with E-state index in [1.54, 1.807) is 0 Å². The first-order valence-electron chi connectivity index (χ1n) is 11.8. The highest BCUT2D eigenvalue weighted by Crippen LogP contribution is 2.00. The van der Waals surface area contributed by atoms with E-state index in [4.69, 9.17) is 48.5 Å². The molecule has 0 radical (unpaired) electrons. The summed E-state index contributed by atoms with van der Waals surface area (Å²) in [6, 6.07) is -1.62. The lowest BCUT2D eigenvalue weighted by Crippen LogP contribution is -2.42. The van der Waals surface area contributed by atoms with Crippen LogP contribution in [0, 0.1) is 5.92 Å². The number of hydrogen-bond donors (Lipinski definition) is 10. The Kier molecular flexibility index (Phi) is 34.5. The minimum absolute atomic E-state index is 0.0129. The third-order valence-electron chi connectivity index (χ3n) is 3.51. The summed E-state index contributed by atoms with van der Waals surface area (Å²) in [6.07, 6.45) is 0.491. The molecule has 0 bridgehead atoms. The quantitative estimate of drug-likeness (QED) is 0.0464. The van der Waals surface area contributed by atoms with Gasteiger partial charge in [0.15, 0.2) is 5.96 Å². The highest BCUT2D eigenvalue weighted by Gasteiger charge is 2.09. The van der Waals surface area contributed by atoms with Crippen molar-refractivity contribution in [2.75, 3.05) is 54.1 Å². The van der Waals surface area contributed by atoms with E-state index in [1.165, 1.54) is 6.92 Å². The molecule has 0 aliphatic rings. The number of aliphatic imine (C=N–C) groups is 1. The van der Waals surface area contributed by atoms with E-state index in [0.717, 1.165) is 11.0 Å². The molecule has 0 aliphatic carbocycles. The summed E-state index contributed by atoms with van der Waals surface area (Å²) >= 11 is 0. The molecule has 0 rings (SSSR count). The Balaban J connectivity index is -0.000000125. The zero-order chi connectivity index (χ0) is 31.5. The molecule has 0 aromatic heterocycles. The lowest BCUT2D eigenvalue weighted by Gasteiger charge is -2.21. The van der Waals surface area contributed by atoms with Crippen molar-refractivity contribution in [2.24, 2.45) is 39.6 Å². The monoisotopic (exact) mass is 559 g/mol. The van der Waals surface area contributed by atoms with Crippen molar-refractivity contribution in [1.82, 2.24) is 0 Å². The molecule has 2 atom stereocenters. The van der Waals surface area contributed by atoms with Gasteiger partial charge in [0.25, 0.3) is 0 Å². The summed E-state index contributed by atoms with van der Waals surface area (Å²) in [7, 11) is 6.16. The SMILES string of the molecule is CC(C)C[C@H](N)C(=O)[O-].CC(N)=O.C[N+](C)(C)CCO.NC(N)=NCCC[C@H](N)C(=O)O.OCC(O)CO. The van der Waals surface area contributed by atoms with Gasteiger partial charge in [-0.2, -0.15) is 0 Å². The van der Waals surface area contributed by atoms with E-state index in [2.05, 4.69) is 31.9 Å². The predicted octanol–water partition coefficient (Wildman–Crippen LogP) is -4.93. The van der Waals surface area contributed by atoms with Crippen molar-refractivity contribution in [2.45, 2.75) is 58.2 Å². The molecule has 0 aromatic rings. The van der Waals surface area contributed by atoms with Crippen LogP contribution in [0.25, 0.3) is 0 Å². The molecular weight excluding hydrogens is 506 g/mol. The van der Waals surface area contributed by atoms with Gasteiger partial charge in [-0.05, 0) is 25.2 Å². The largest absolute Gasteiger partial charge is 0.548 e. The van der Waals surface area contributed by atoms with E-state index in [9.17, 15) is 19.5 Å². The van der Waals surface area contributed by atoms with Crippen LogP contribution in [0.5, 0.6) is 0 Å². The number of aliphatic carboxylic acids is 2. The average molecular weight is 560 g/mol. The molecule has 15 N–H and O–H groups in total. The van der Waals surface area contributed by atoms with Gasteiger partial charge in [-0.1, -0.05) is 13.8 Å². The second kappa shape index (κ2) is 29.0. The smallest absolute Gasteiger partial charge is 0.320 e. The van der Waals surface area contributed by atoms with Crippen LogP contribution in [0.15, 0.2) is 4.99 Å². The molecule has 0 fully saturated rings. The maximum absolute atomic E-state index is 10.2. The molecule has 0 unspecified atom stereocenters. The lowest BCUT2D eigenvalue weighted by atomic mass is 10.1. The van der Waals surface area contributed by atoms with Gasteiger partial charge in [0, 0.05) is 19.5 Å². The number of hydrogen-bond acceptors (Lipinski definition) is 11. The Morgan fingerprint density at radius 2 is 1.37 bits per heavy atom. The Labute approximate surface area is 225 Å². The zero-order valence-electron chi connectivity index (χ0n) is 23.6. The molecule has 0 heterocycles. The van der Waals surface area contributed by atoms with Crippen molar-refractivity contribution >= 4 is 23.8 Å². The van der Waals surface area contributed by atoms with Crippen LogP contribution in [-0.2, 0) is 14.4 Å². The second-order valence-electron chi connectivity index (χ2n) is 9.32. The van der Waals surface area contributed by atoms with Gasteiger partial charge in [-0.25, -0.2) is 0 Å². The van der Waals surface area contributed by atoms with Crippen LogP contribution in [0.4, 0.5) is 0 Å². The van der Waals surface area contributed by atoms with Gasteiger partial charge in [0.05, 0.1) is 46.9 Å². The molecule has 38 heavy (non-hydrogen) atoms.